The molecule has 5 heterocycles. The highest BCUT2D eigenvalue weighted by molar-refractivity contribution is 7.99. The van der Waals surface area contributed by atoms with Crippen molar-refractivity contribution in [3.63, 3.8) is 0 Å². The first-order valence-corrected chi connectivity index (χ1v) is 24.2. The molecule has 9 heteroatoms. The van der Waals surface area contributed by atoms with Crippen LogP contribution in [0.25, 0.3) is 0 Å². The smallest absolute Gasteiger partial charge is 0.119 e. The Bertz CT molecular complexity index is 1430. The van der Waals surface area contributed by atoms with Gasteiger partial charge in [-0.1, -0.05) is 50.3 Å². The third-order valence-corrected chi connectivity index (χ3v) is 14.8. The van der Waals surface area contributed by atoms with E-state index in [9.17, 15) is 0 Å². The topological polar surface area (TPSA) is 40.7 Å². The van der Waals surface area contributed by atoms with Gasteiger partial charge in [-0.15, -0.1) is 11.8 Å². The van der Waals surface area contributed by atoms with Gasteiger partial charge in [-0.05, 0) is 138 Å². The Labute approximate surface area is 348 Å². The summed E-state index contributed by atoms with van der Waals surface area (Å²) >= 11 is 4.09. The summed E-state index contributed by atoms with van der Waals surface area (Å²) < 4.78 is 17.4. The van der Waals surface area contributed by atoms with E-state index in [1.54, 1.807) is 0 Å². The first-order valence-electron chi connectivity index (χ1n) is 22.0. The molecule has 7 nitrogen and oxygen atoms in total. The Morgan fingerprint density at radius 3 is 1.98 bits per heavy atom. The van der Waals surface area contributed by atoms with Crippen molar-refractivity contribution >= 4 is 23.5 Å². The summed E-state index contributed by atoms with van der Waals surface area (Å²) in [6, 6.07) is 18.4. The molecule has 0 spiro atoms. The third kappa shape index (κ3) is 13.3. The normalized spacial score (nSPS) is 21.2. The fraction of sp³-hybridized carbons (Fsp3) is 0.660. The monoisotopic (exact) mass is 805 g/mol. The molecule has 0 amide bonds. The number of hydrogen-bond donors (Lipinski definition) is 0. The Kier molecular flexibility index (Phi) is 18.3. The molecule has 2 aromatic carbocycles. The molecule has 0 aliphatic carbocycles. The number of thioether (sulfide) groups is 2. The number of nitrogens with zero attached hydrogens (tertiary/aromatic N) is 4. The summed E-state index contributed by atoms with van der Waals surface area (Å²) in [7, 11) is 0. The molecule has 0 aromatic heterocycles. The number of rotatable bonds is 18. The molecule has 0 atom stereocenters. The van der Waals surface area contributed by atoms with Gasteiger partial charge in [0.2, 0.25) is 0 Å². The van der Waals surface area contributed by atoms with Crippen molar-refractivity contribution in [1.82, 2.24) is 19.6 Å². The van der Waals surface area contributed by atoms with Crippen LogP contribution in [0.1, 0.15) is 76.3 Å². The van der Waals surface area contributed by atoms with E-state index in [1.165, 1.54) is 85.3 Å². The first kappa shape index (κ1) is 43.6. The van der Waals surface area contributed by atoms with Gasteiger partial charge in [-0.25, -0.2) is 0 Å². The largest absolute Gasteiger partial charge is 0.494 e. The lowest BCUT2D eigenvalue weighted by molar-refractivity contribution is 0.0352. The van der Waals surface area contributed by atoms with E-state index in [0.29, 0.717) is 0 Å². The zero-order valence-electron chi connectivity index (χ0n) is 34.9. The second kappa shape index (κ2) is 23.6. The van der Waals surface area contributed by atoms with Crippen LogP contribution in [0.15, 0.2) is 77.9 Å². The van der Waals surface area contributed by atoms with E-state index in [2.05, 4.69) is 118 Å². The maximum absolute atomic E-state index is 6.04. The minimum atomic E-state index is 0.165. The SMILES string of the molecule is C1=CCN(CC2(c3ccc(OCCCN4CCSCC4)cc3)CCOCC2)C=C1.CCN(CC)CC1(c2ccc(SCCCN3CCCC3)cc2)CCOCC1. The summed E-state index contributed by atoms with van der Waals surface area (Å²) in [6.07, 6.45) is 18.4. The van der Waals surface area contributed by atoms with E-state index < -0.39 is 0 Å². The van der Waals surface area contributed by atoms with Crippen molar-refractivity contribution in [3.8, 4) is 5.75 Å². The second-order valence-electron chi connectivity index (χ2n) is 16.4. The van der Waals surface area contributed by atoms with Gasteiger partial charge in [0.15, 0.2) is 0 Å². The molecule has 5 aliphatic heterocycles. The number of likely N-dealkylation sites (tertiary alicyclic amines) is 1. The van der Waals surface area contributed by atoms with Crippen LogP contribution in [0.4, 0.5) is 0 Å². The van der Waals surface area contributed by atoms with Gasteiger partial charge in [0.05, 0.1) is 6.61 Å². The predicted octanol–water partition coefficient (Wildman–Crippen LogP) is 8.59. The molecule has 4 saturated heterocycles. The Balaban J connectivity index is 0.000000190. The van der Waals surface area contributed by atoms with Gasteiger partial charge in [0, 0.05) is 92.9 Å². The highest BCUT2D eigenvalue weighted by atomic mass is 32.2. The number of ether oxygens (including phenoxy) is 3. The molecule has 56 heavy (non-hydrogen) atoms. The van der Waals surface area contributed by atoms with Crippen molar-refractivity contribution in [2.24, 2.45) is 0 Å². The van der Waals surface area contributed by atoms with Gasteiger partial charge >= 0.3 is 0 Å². The van der Waals surface area contributed by atoms with Gasteiger partial charge in [0.25, 0.3) is 0 Å². The lowest BCUT2D eigenvalue weighted by Crippen LogP contribution is -2.44. The van der Waals surface area contributed by atoms with Crippen molar-refractivity contribution < 1.29 is 14.2 Å². The van der Waals surface area contributed by atoms with Crippen molar-refractivity contribution in [2.75, 3.05) is 122 Å². The summed E-state index contributed by atoms with van der Waals surface area (Å²) in [5.41, 5.74) is 3.36. The fourth-order valence-corrected chi connectivity index (χ4v) is 10.9. The summed E-state index contributed by atoms with van der Waals surface area (Å²) in [5, 5.41) is 0. The Morgan fingerprint density at radius 1 is 0.732 bits per heavy atom. The highest BCUT2D eigenvalue weighted by Gasteiger charge is 2.37. The molecular formula is C47H72N4O3S2. The minimum Gasteiger partial charge on any atom is -0.494 e. The second-order valence-corrected chi connectivity index (χ2v) is 18.8. The molecule has 7 rings (SSSR count). The standard InChI is InChI=1S/C24H34N2O2S.C23H38N2OS/c1-2-11-26(12-3-1)21-24(9-17-27-18-10-24)22-5-7-23(8-6-22)28-16-4-13-25-14-19-29-20-15-25;1-3-24(4-2)20-23(12-17-26-18-13-23)21-8-10-22(11-9-21)27-19-7-16-25-14-5-6-15-25/h1-3,5-8,11H,4,9-10,12-21H2;8-11H,3-7,12-20H2,1-2H3. The molecule has 5 aliphatic rings. The highest BCUT2D eigenvalue weighted by Crippen LogP contribution is 2.38. The van der Waals surface area contributed by atoms with Crippen LogP contribution in [0.3, 0.4) is 0 Å². The van der Waals surface area contributed by atoms with Crippen LogP contribution in [-0.4, -0.2) is 142 Å². The van der Waals surface area contributed by atoms with Gasteiger partial charge in [0.1, 0.15) is 5.75 Å². The lowest BCUT2D eigenvalue weighted by atomic mass is 9.73. The average Bonchev–Trinajstić information content (AvgIpc) is 3.79. The first-order chi connectivity index (χ1) is 27.6. The van der Waals surface area contributed by atoms with E-state index in [0.717, 1.165) is 110 Å². The quantitative estimate of drug-likeness (QED) is 0.109. The van der Waals surface area contributed by atoms with Crippen LogP contribution in [-0.2, 0) is 20.3 Å². The molecule has 0 N–H and O–H groups in total. The molecule has 4 fully saturated rings. The van der Waals surface area contributed by atoms with Gasteiger partial charge in [-0.2, -0.15) is 11.8 Å². The number of likely N-dealkylation sites (N-methyl/N-ethyl adjacent to an activating group) is 1. The van der Waals surface area contributed by atoms with Gasteiger partial charge < -0.3 is 33.8 Å². The predicted molar refractivity (Wildman–Crippen MR) is 239 cm³/mol. The van der Waals surface area contributed by atoms with Crippen LogP contribution in [0, 0.1) is 0 Å². The van der Waals surface area contributed by atoms with E-state index in [4.69, 9.17) is 14.2 Å². The van der Waals surface area contributed by atoms with E-state index in [-0.39, 0.29) is 10.8 Å². The maximum Gasteiger partial charge on any atom is 0.119 e. The zero-order valence-corrected chi connectivity index (χ0v) is 36.5. The minimum absolute atomic E-state index is 0.165. The Morgan fingerprint density at radius 2 is 1.34 bits per heavy atom. The average molecular weight is 805 g/mol. The molecule has 0 saturated carbocycles. The molecule has 0 radical (unpaired) electrons. The third-order valence-electron chi connectivity index (χ3n) is 12.7. The summed E-state index contributed by atoms with van der Waals surface area (Å²) in [5.74, 6) is 4.77. The zero-order chi connectivity index (χ0) is 38.7. The van der Waals surface area contributed by atoms with Crippen LogP contribution >= 0.6 is 23.5 Å². The number of hydrogen-bond acceptors (Lipinski definition) is 9. The van der Waals surface area contributed by atoms with E-state index in [1.807, 2.05) is 11.8 Å². The van der Waals surface area contributed by atoms with Gasteiger partial charge in [-0.3, -0.25) is 0 Å². The number of allylic oxidation sites excluding steroid dienone is 2. The Hall–Kier alpha value is -1.98. The van der Waals surface area contributed by atoms with Crippen molar-refractivity contribution in [2.45, 2.75) is 80.9 Å². The van der Waals surface area contributed by atoms with E-state index >= 15 is 0 Å². The fourth-order valence-electron chi connectivity index (χ4n) is 9.09. The molecular weight excluding hydrogens is 733 g/mol. The van der Waals surface area contributed by atoms with Crippen molar-refractivity contribution in [1.29, 1.82) is 0 Å². The molecule has 0 unspecified atom stereocenters. The van der Waals surface area contributed by atoms with Crippen molar-refractivity contribution in [3.05, 3.63) is 84.1 Å². The van der Waals surface area contributed by atoms with Crippen LogP contribution < -0.4 is 4.74 Å². The summed E-state index contributed by atoms with van der Waals surface area (Å²) in [4.78, 5) is 11.6. The maximum atomic E-state index is 6.04. The summed E-state index contributed by atoms with van der Waals surface area (Å²) in [6.45, 7) is 21.8. The molecule has 2 aromatic rings. The van der Waals surface area contributed by atoms with Crippen LogP contribution in [0.2, 0.25) is 0 Å². The lowest BCUT2D eigenvalue weighted by Gasteiger charge is -2.41. The molecule has 310 valence electrons. The number of benzene rings is 2. The van der Waals surface area contributed by atoms with Crippen LogP contribution in [0.5, 0.6) is 5.75 Å². The molecule has 0 bridgehead atoms.